The molecule has 8 nitrogen and oxygen atoms in total. The number of carbonyl (C=O) groups excluding carboxylic acids is 1. The summed E-state index contributed by atoms with van der Waals surface area (Å²) < 4.78 is 23.3. The van der Waals surface area contributed by atoms with Gasteiger partial charge in [0.15, 0.2) is 0 Å². The molecule has 0 aromatic carbocycles. The van der Waals surface area contributed by atoms with Crippen LogP contribution in [0.4, 0.5) is 0 Å². The lowest BCUT2D eigenvalue weighted by Crippen LogP contribution is -2.45. The molecule has 69 heavy (non-hydrogen) atoms. The van der Waals surface area contributed by atoms with Crippen molar-refractivity contribution in [3.63, 3.8) is 0 Å². The van der Waals surface area contributed by atoms with Crippen LogP contribution in [0.2, 0.25) is 0 Å². The smallest absolute Gasteiger partial charge is 0.268 e. The first-order valence-electron chi connectivity index (χ1n) is 29.9. The SMILES string of the molecule is CCCCCCCC/C=C/CC/C=C/C(O)C(COP(=O)([O-])OCC[N+](C)(C)C)NC(=O)CCCCCCCCCCCCCCCCCCCCCCCCC/C=C\CCCCCCCCCC. The summed E-state index contributed by atoms with van der Waals surface area (Å²) in [5.41, 5.74) is 0. The van der Waals surface area contributed by atoms with Crippen molar-refractivity contribution in [2.45, 2.75) is 302 Å². The van der Waals surface area contributed by atoms with Crippen LogP contribution < -0.4 is 10.2 Å². The number of phosphoric ester groups is 1. The molecule has 408 valence electrons. The number of allylic oxidation sites excluding steroid dienone is 5. The molecule has 1 amide bonds. The van der Waals surface area contributed by atoms with Gasteiger partial charge in [0, 0.05) is 6.42 Å². The van der Waals surface area contributed by atoms with Crippen LogP contribution in [0, 0.1) is 0 Å². The summed E-state index contributed by atoms with van der Waals surface area (Å²) in [6.07, 6.45) is 66.9. The third kappa shape index (κ3) is 54.3. The predicted octanol–water partition coefficient (Wildman–Crippen LogP) is 17.5. The van der Waals surface area contributed by atoms with Crippen LogP contribution in [0.15, 0.2) is 36.5 Å². The van der Waals surface area contributed by atoms with Gasteiger partial charge in [-0.2, -0.15) is 0 Å². The second-order valence-corrected chi connectivity index (χ2v) is 23.1. The zero-order valence-electron chi connectivity index (χ0n) is 46.5. The number of hydrogen-bond donors (Lipinski definition) is 2. The zero-order chi connectivity index (χ0) is 50.6. The summed E-state index contributed by atoms with van der Waals surface area (Å²) in [5.74, 6) is -0.204. The van der Waals surface area contributed by atoms with Gasteiger partial charge in [-0.15, -0.1) is 0 Å². The predicted molar refractivity (Wildman–Crippen MR) is 298 cm³/mol. The lowest BCUT2D eigenvalue weighted by molar-refractivity contribution is -0.870. The highest BCUT2D eigenvalue weighted by Gasteiger charge is 2.23. The fourth-order valence-electron chi connectivity index (χ4n) is 8.87. The number of hydrogen-bond acceptors (Lipinski definition) is 6. The molecular weight excluding hydrogens is 876 g/mol. The number of carbonyl (C=O) groups is 1. The topological polar surface area (TPSA) is 108 Å². The van der Waals surface area contributed by atoms with E-state index < -0.39 is 20.0 Å². The van der Waals surface area contributed by atoms with E-state index in [0.717, 1.165) is 38.5 Å². The molecule has 0 aliphatic rings. The van der Waals surface area contributed by atoms with E-state index in [0.29, 0.717) is 17.4 Å². The molecule has 0 aromatic rings. The Morgan fingerprint density at radius 1 is 0.493 bits per heavy atom. The van der Waals surface area contributed by atoms with Gasteiger partial charge < -0.3 is 28.8 Å². The molecule has 0 saturated carbocycles. The fourth-order valence-corrected chi connectivity index (χ4v) is 9.60. The Hall–Kier alpha value is -1.28. The highest BCUT2D eigenvalue weighted by atomic mass is 31.2. The Labute approximate surface area is 429 Å². The third-order valence-corrected chi connectivity index (χ3v) is 14.5. The number of nitrogens with one attached hydrogen (secondary N) is 1. The number of nitrogens with zero attached hydrogens (tertiary/aromatic N) is 1. The molecule has 0 aromatic heterocycles. The molecule has 0 spiro atoms. The van der Waals surface area contributed by atoms with E-state index in [2.05, 4.69) is 43.5 Å². The van der Waals surface area contributed by atoms with E-state index in [1.165, 1.54) is 231 Å². The van der Waals surface area contributed by atoms with Crippen LogP contribution in [-0.2, 0) is 18.4 Å². The second kappa shape index (κ2) is 51.6. The molecule has 0 fully saturated rings. The molecule has 0 aliphatic heterocycles. The summed E-state index contributed by atoms with van der Waals surface area (Å²) in [6.45, 7) is 4.63. The molecule has 0 aliphatic carbocycles. The molecule has 0 bridgehead atoms. The minimum absolute atomic E-state index is 0.00492. The maximum atomic E-state index is 12.9. The van der Waals surface area contributed by atoms with E-state index in [4.69, 9.17) is 9.05 Å². The van der Waals surface area contributed by atoms with Gasteiger partial charge >= 0.3 is 0 Å². The molecule has 0 saturated heterocycles. The van der Waals surface area contributed by atoms with E-state index in [9.17, 15) is 19.4 Å². The van der Waals surface area contributed by atoms with Crippen molar-refractivity contribution in [3.05, 3.63) is 36.5 Å². The first-order chi connectivity index (χ1) is 33.5. The Morgan fingerprint density at radius 2 is 0.812 bits per heavy atom. The first kappa shape index (κ1) is 67.7. The molecule has 0 rings (SSSR count). The molecular formula is C60H117N2O6P. The molecule has 3 unspecified atom stereocenters. The van der Waals surface area contributed by atoms with Crippen LogP contribution in [0.5, 0.6) is 0 Å². The average molecular weight is 994 g/mol. The standard InChI is InChI=1S/C60H117N2O6P/c1-6-8-10-12-14-16-18-20-21-22-23-24-25-26-27-28-29-30-31-32-33-34-35-36-37-38-39-40-41-42-44-46-48-50-52-54-60(64)61-58(57-68-69(65,66)67-56-55-62(3,4)5)59(63)53-51-49-47-45-43-19-17-15-13-11-9-7-2/h22-23,43,45,51,53,58-59,63H,6-21,24-42,44,46-50,52,54-57H2,1-5H3,(H-,61,64,65,66)/b23-22-,45-43+,53-51+. The normalized spacial score (nSPS) is 14.1. The molecule has 9 heteroatoms. The van der Waals surface area contributed by atoms with Crippen molar-refractivity contribution in [3.8, 4) is 0 Å². The van der Waals surface area contributed by atoms with Gasteiger partial charge in [0.05, 0.1) is 39.9 Å². The maximum absolute atomic E-state index is 12.9. The van der Waals surface area contributed by atoms with Gasteiger partial charge in [-0.05, 0) is 57.8 Å². The lowest BCUT2D eigenvalue weighted by Gasteiger charge is -2.29. The number of unbranched alkanes of at least 4 members (excludes halogenated alkanes) is 38. The van der Waals surface area contributed by atoms with Gasteiger partial charge in [0.1, 0.15) is 13.2 Å². The number of aliphatic hydroxyl groups is 1. The van der Waals surface area contributed by atoms with Gasteiger partial charge in [-0.3, -0.25) is 9.36 Å². The lowest BCUT2D eigenvalue weighted by atomic mass is 10.0. The zero-order valence-corrected chi connectivity index (χ0v) is 47.4. The summed E-state index contributed by atoms with van der Waals surface area (Å²) in [7, 11) is 1.25. The number of phosphoric acid groups is 1. The van der Waals surface area contributed by atoms with E-state index >= 15 is 0 Å². The van der Waals surface area contributed by atoms with Crippen molar-refractivity contribution < 1.29 is 32.9 Å². The summed E-state index contributed by atoms with van der Waals surface area (Å²) in [5, 5.41) is 13.8. The molecule has 2 N–H and O–H groups in total. The number of rotatable bonds is 55. The highest BCUT2D eigenvalue weighted by Crippen LogP contribution is 2.38. The number of likely N-dealkylation sites (N-methyl/N-ethyl adjacent to an activating group) is 1. The molecule has 3 atom stereocenters. The second-order valence-electron chi connectivity index (χ2n) is 21.7. The minimum Gasteiger partial charge on any atom is -0.756 e. The van der Waals surface area contributed by atoms with Crippen molar-refractivity contribution in [1.82, 2.24) is 5.32 Å². The van der Waals surface area contributed by atoms with E-state index in [-0.39, 0.29) is 19.1 Å². The van der Waals surface area contributed by atoms with Crippen molar-refractivity contribution >= 4 is 13.7 Å². The van der Waals surface area contributed by atoms with Gasteiger partial charge in [-0.25, -0.2) is 0 Å². The summed E-state index contributed by atoms with van der Waals surface area (Å²) in [6, 6.07) is -0.900. The highest BCUT2D eigenvalue weighted by molar-refractivity contribution is 7.45. The van der Waals surface area contributed by atoms with Crippen molar-refractivity contribution in [1.29, 1.82) is 0 Å². The Bertz CT molecular complexity index is 1220. The Kier molecular flexibility index (Phi) is 50.7. The van der Waals surface area contributed by atoms with Crippen LogP contribution in [0.1, 0.15) is 290 Å². The van der Waals surface area contributed by atoms with Gasteiger partial charge in [0.25, 0.3) is 7.82 Å². The number of quaternary nitrogens is 1. The summed E-state index contributed by atoms with van der Waals surface area (Å²) >= 11 is 0. The third-order valence-electron chi connectivity index (χ3n) is 13.6. The monoisotopic (exact) mass is 993 g/mol. The maximum Gasteiger partial charge on any atom is 0.268 e. The Balaban J connectivity index is 3.93. The average Bonchev–Trinajstić information content (AvgIpc) is 3.31. The van der Waals surface area contributed by atoms with E-state index in [1.54, 1.807) is 6.08 Å². The summed E-state index contributed by atoms with van der Waals surface area (Å²) in [4.78, 5) is 25.4. The van der Waals surface area contributed by atoms with Crippen LogP contribution in [-0.4, -0.2) is 68.5 Å². The van der Waals surface area contributed by atoms with Crippen molar-refractivity contribution in [2.75, 3.05) is 40.9 Å². The van der Waals surface area contributed by atoms with Crippen LogP contribution >= 0.6 is 7.82 Å². The molecule has 0 heterocycles. The molecule has 0 radical (unpaired) electrons. The first-order valence-corrected chi connectivity index (χ1v) is 31.3. The van der Waals surface area contributed by atoms with Crippen molar-refractivity contribution in [2.24, 2.45) is 0 Å². The minimum atomic E-state index is -4.60. The Morgan fingerprint density at radius 3 is 1.17 bits per heavy atom. The quantitative estimate of drug-likeness (QED) is 0.0272. The largest absolute Gasteiger partial charge is 0.756 e. The van der Waals surface area contributed by atoms with Crippen LogP contribution in [0.25, 0.3) is 0 Å². The van der Waals surface area contributed by atoms with Gasteiger partial charge in [-0.1, -0.05) is 262 Å². The van der Waals surface area contributed by atoms with Crippen LogP contribution in [0.3, 0.4) is 0 Å². The fraction of sp³-hybridized carbons (Fsp3) is 0.883. The number of amides is 1. The van der Waals surface area contributed by atoms with E-state index in [1.807, 2.05) is 27.2 Å². The number of aliphatic hydroxyl groups excluding tert-OH is 1. The van der Waals surface area contributed by atoms with Gasteiger partial charge in [0.2, 0.25) is 5.91 Å².